The highest BCUT2D eigenvalue weighted by Gasteiger charge is 2.25. The van der Waals surface area contributed by atoms with Crippen LogP contribution in [0.15, 0.2) is 17.5 Å². The third-order valence-corrected chi connectivity index (χ3v) is 4.12. The largest absolute Gasteiger partial charge is 0.317 e. The molecule has 0 atom stereocenters. The van der Waals surface area contributed by atoms with Gasteiger partial charge in [-0.2, -0.15) is 0 Å². The van der Waals surface area contributed by atoms with E-state index in [1.54, 1.807) is 0 Å². The molecule has 0 aromatic carbocycles. The molecule has 1 aliphatic heterocycles. The highest BCUT2D eigenvalue weighted by Crippen LogP contribution is 2.26. The summed E-state index contributed by atoms with van der Waals surface area (Å²) >= 11 is 1.83. The molecule has 2 heterocycles. The number of hydrogen-bond acceptors (Lipinski definition) is 3. The molecular formula is C12H20N2S. The van der Waals surface area contributed by atoms with Crippen LogP contribution in [0.4, 0.5) is 0 Å². The van der Waals surface area contributed by atoms with Crippen molar-refractivity contribution in [3.8, 4) is 0 Å². The average molecular weight is 224 g/mol. The van der Waals surface area contributed by atoms with Gasteiger partial charge in [-0.15, -0.1) is 11.3 Å². The molecule has 2 rings (SSSR count). The van der Waals surface area contributed by atoms with E-state index in [1.165, 1.54) is 30.8 Å². The van der Waals surface area contributed by atoms with Crippen molar-refractivity contribution in [2.75, 3.05) is 19.6 Å². The van der Waals surface area contributed by atoms with E-state index >= 15 is 0 Å². The number of thiophene rings is 1. The molecule has 84 valence electrons. The summed E-state index contributed by atoms with van der Waals surface area (Å²) in [6.07, 6.45) is 2.59. The third kappa shape index (κ3) is 3.30. The Labute approximate surface area is 96.1 Å². The Kier molecular flexibility index (Phi) is 3.78. The minimum absolute atomic E-state index is 0.502. The second-order valence-electron chi connectivity index (χ2n) is 4.74. The van der Waals surface area contributed by atoms with Crippen LogP contribution < -0.4 is 10.6 Å². The molecule has 1 aromatic rings. The van der Waals surface area contributed by atoms with Crippen LogP contribution in [-0.2, 0) is 6.54 Å². The fourth-order valence-electron chi connectivity index (χ4n) is 2.11. The fraction of sp³-hybridized carbons (Fsp3) is 0.667. The van der Waals surface area contributed by atoms with Crippen LogP contribution in [0.5, 0.6) is 0 Å². The molecule has 15 heavy (non-hydrogen) atoms. The van der Waals surface area contributed by atoms with Crippen molar-refractivity contribution in [2.24, 2.45) is 5.41 Å². The van der Waals surface area contributed by atoms with E-state index in [4.69, 9.17) is 0 Å². The minimum atomic E-state index is 0.502. The standard InChI is InChI=1S/C12H20N2S/c1-12(4-6-13-7-5-12)10-14-9-11-3-2-8-15-11/h2-3,8,13-14H,4-7,9-10H2,1H3. The van der Waals surface area contributed by atoms with Gasteiger partial charge in [0.05, 0.1) is 0 Å². The topological polar surface area (TPSA) is 24.1 Å². The normalized spacial score (nSPS) is 20.3. The zero-order chi connectivity index (χ0) is 10.6. The van der Waals surface area contributed by atoms with Crippen molar-refractivity contribution in [1.82, 2.24) is 10.6 Å². The van der Waals surface area contributed by atoms with Crippen LogP contribution in [-0.4, -0.2) is 19.6 Å². The molecule has 3 heteroatoms. The van der Waals surface area contributed by atoms with Crippen LogP contribution >= 0.6 is 11.3 Å². The molecule has 0 aliphatic carbocycles. The first kappa shape index (κ1) is 11.1. The van der Waals surface area contributed by atoms with Crippen molar-refractivity contribution < 1.29 is 0 Å². The molecule has 0 bridgehead atoms. The van der Waals surface area contributed by atoms with Gasteiger partial charge in [0.15, 0.2) is 0 Å². The summed E-state index contributed by atoms with van der Waals surface area (Å²) in [6.45, 7) is 6.93. The maximum atomic E-state index is 3.58. The van der Waals surface area contributed by atoms with Crippen molar-refractivity contribution >= 4 is 11.3 Å². The van der Waals surface area contributed by atoms with E-state index in [9.17, 15) is 0 Å². The summed E-state index contributed by atoms with van der Waals surface area (Å²) in [7, 11) is 0. The molecular weight excluding hydrogens is 204 g/mol. The zero-order valence-corrected chi connectivity index (χ0v) is 10.2. The van der Waals surface area contributed by atoms with Gasteiger partial charge in [-0.25, -0.2) is 0 Å². The number of rotatable bonds is 4. The summed E-state index contributed by atoms with van der Waals surface area (Å²) in [6, 6.07) is 4.32. The molecule has 0 unspecified atom stereocenters. The van der Waals surface area contributed by atoms with Crippen molar-refractivity contribution in [3.63, 3.8) is 0 Å². The van der Waals surface area contributed by atoms with E-state index in [0.29, 0.717) is 5.41 Å². The van der Waals surface area contributed by atoms with Crippen LogP contribution in [0.25, 0.3) is 0 Å². The Hall–Kier alpha value is -0.380. The lowest BCUT2D eigenvalue weighted by atomic mass is 9.81. The van der Waals surface area contributed by atoms with Crippen molar-refractivity contribution in [1.29, 1.82) is 0 Å². The van der Waals surface area contributed by atoms with Crippen LogP contribution in [0, 0.1) is 5.41 Å². The van der Waals surface area contributed by atoms with Gasteiger partial charge in [0, 0.05) is 18.0 Å². The number of hydrogen-bond donors (Lipinski definition) is 2. The lowest BCUT2D eigenvalue weighted by molar-refractivity contribution is 0.220. The summed E-state index contributed by atoms with van der Waals surface area (Å²) in [5.74, 6) is 0. The van der Waals surface area contributed by atoms with Gasteiger partial charge in [-0.05, 0) is 42.8 Å². The number of piperidine rings is 1. The van der Waals surface area contributed by atoms with Gasteiger partial charge in [-0.3, -0.25) is 0 Å². The first-order chi connectivity index (χ1) is 7.29. The maximum Gasteiger partial charge on any atom is 0.0299 e. The van der Waals surface area contributed by atoms with E-state index in [2.05, 4.69) is 35.1 Å². The highest BCUT2D eigenvalue weighted by atomic mass is 32.1. The predicted octanol–water partition coefficient (Wildman–Crippen LogP) is 2.23. The molecule has 1 aliphatic rings. The summed E-state index contributed by atoms with van der Waals surface area (Å²) in [5, 5.41) is 9.14. The summed E-state index contributed by atoms with van der Waals surface area (Å²) in [5.41, 5.74) is 0.502. The molecule has 2 N–H and O–H groups in total. The molecule has 0 saturated carbocycles. The molecule has 1 saturated heterocycles. The van der Waals surface area contributed by atoms with Crippen LogP contribution in [0.3, 0.4) is 0 Å². The Morgan fingerprint density at radius 1 is 1.47 bits per heavy atom. The van der Waals surface area contributed by atoms with Gasteiger partial charge in [0.2, 0.25) is 0 Å². The Morgan fingerprint density at radius 2 is 2.27 bits per heavy atom. The maximum absolute atomic E-state index is 3.58. The highest BCUT2D eigenvalue weighted by molar-refractivity contribution is 7.09. The Morgan fingerprint density at radius 3 is 2.93 bits per heavy atom. The molecule has 2 nitrogen and oxygen atoms in total. The first-order valence-electron chi connectivity index (χ1n) is 5.72. The molecule has 0 radical (unpaired) electrons. The predicted molar refractivity (Wildman–Crippen MR) is 66.2 cm³/mol. The van der Waals surface area contributed by atoms with E-state index in [1.807, 2.05) is 11.3 Å². The SMILES string of the molecule is CC1(CNCc2cccs2)CCNCC1. The van der Waals surface area contributed by atoms with Crippen molar-refractivity contribution in [2.45, 2.75) is 26.3 Å². The quantitative estimate of drug-likeness (QED) is 0.819. The van der Waals surface area contributed by atoms with Gasteiger partial charge >= 0.3 is 0 Å². The molecule has 1 fully saturated rings. The summed E-state index contributed by atoms with van der Waals surface area (Å²) < 4.78 is 0. The first-order valence-corrected chi connectivity index (χ1v) is 6.60. The lowest BCUT2D eigenvalue weighted by Gasteiger charge is -2.34. The number of nitrogens with one attached hydrogen (secondary N) is 2. The van der Waals surface area contributed by atoms with E-state index < -0.39 is 0 Å². The smallest absolute Gasteiger partial charge is 0.0299 e. The Bertz CT molecular complexity index is 276. The lowest BCUT2D eigenvalue weighted by Crippen LogP contribution is -2.41. The van der Waals surface area contributed by atoms with E-state index in [0.717, 1.165) is 13.1 Å². The summed E-state index contributed by atoms with van der Waals surface area (Å²) in [4.78, 5) is 1.44. The van der Waals surface area contributed by atoms with Gasteiger partial charge in [-0.1, -0.05) is 13.0 Å². The second kappa shape index (κ2) is 5.10. The van der Waals surface area contributed by atoms with Gasteiger partial charge < -0.3 is 10.6 Å². The zero-order valence-electron chi connectivity index (χ0n) is 9.38. The van der Waals surface area contributed by atoms with E-state index in [-0.39, 0.29) is 0 Å². The third-order valence-electron chi connectivity index (χ3n) is 3.24. The monoisotopic (exact) mass is 224 g/mol. The minimum Gasteiger partial charge on any atom is -0.317 e. The molecule has 0 amide bonds. The molecule has 0 spiro atoms. The van der Waals surface area contributed by atoms with Crippen LogP contribution in [0.1, 0.15) is 24.6 Å². The van der Waals surface area contributed by atoms with Gasteiger partial charge in [0.25, 0.3) is 0 Å². The van der Waals surface area contributed by atoms with Gasteiger partial charge in [0.1, 0.15) is 0 Å². The Balaban J connectivity index is 1.72. The molecule has 1 aromatic heterocycles. The fourth-order valence-corrected chi connectivity index (χ4v) is 2.78. The van der Waals surface area contributed by atoms with Crippen LogP contribution in [0.2, 0.25) is 0 Å². The van der Waals surface area contributed by atoms with Crippen molar-refractivity contribution in [3.05, 3.63) is 22.4 Å². The second-order valence-corrected chi connectivity index (χ2v) is 5.78. The average Bonchev–Trinajstić information content (AvgIpc) is 2.71.